The molecule has 2 aromatic rings. The summed E-state index contributed by atoms with van der Waals surface area (Å²) in [4.78, 5) is 36.5. The summed E-state index contributed by atoms with van der Waals surface area (Å²) in [5.41, 5.74) is 4.46. The second-order valence-corrected chi connectivity index (χ2v) is 6.68. The molecule has 1 aliphatic carbocycles. The molecule has 1 fully saturated rings. The van der Waals surface area contributed by atoms with E-state index in [9.17, 15) is 14.4 Å². The standard InChI is InChI=1S/C21H19NO6/c1-13(23)26-11-19-20(24)28-12-22(19)21(25)27-10-18-16-8-4-2-6-14(16)15-7-3-5-9-17(15)18/h2-9,18-19H,10-12H2,1H3/t19-/m0/s1. The Labute approximate surface area is 161 Å². The molecule has 1 heterocycles. The van der Waals surface area contributed by atoms with Crippen LogP contribution in [0, 0.1) is 0 Å². The fourth-order valence-corrected chi connectivity index (χ4v) is 3.66. The van der Waals surface area contributed by atoms with E-state index in [1.54, 1.807) is 0 Å². The zero-order chi connectivity index (χ0) is 19.7. The SMILES string of the molecule is CC(=O)OC[C@H]1C(=O)OCN1C(=O)OCC1c2ccccc2-c2ccccc21. The highest BCUT2D eigenvalue weighted by Gasteiger charge is 2.40. The molecule has 0 radical (unpaired) electrons. The van der Waals surface area contributed by atoms with Crippen LogP contribution in [0.3, 0.4) is 0 Å². The maximum absolute atomic E-state index is 12.6. The Kier molecular flexibility index (Phi) is 4.73. The van der Waals surface area contributed by atoms with Gasteiger partial charge in [0.05, 0.1) is 0 Å². The van der Waals surface area contributed by atoms with Gasteiger partial charge in [-0.25, -0.2) is 9.59 Å². The molecule has 1 amide bonds. The number of rotatable bonds is 4. The molecule has 7 nitrogen and oxygen atoms in total. The van der Waals surface area contributed by atoms with Gasteiger partial charge in [-0.1, -0.05) is 48.5 Å². The monoisotopic (exact) mass is 381 g/mol. The maximum Gasteiger partial charge on any atom is 0.413 e. The van der Waals surface area contributed by atoms with Gasteiger partial charge in [0.15, 0.2) is 12.8 Å². The lowest BCUT2D eigenvalue weighted by atomic mass is 9.98. The first kappa shape index (κ1) is 18.0. The molecule has 2 aromatic carbocycles. The van der Waals surface area contributed by atoms with E-state index >= 15 is 0 Å². The van der Waals surface area contributed by atoms with Gasteiger partial charge >= 0.3 is 18.0 Å². The maximum atomic E-state index is 12.6. The van der Waals surface area contributed by atoms with Crippen molar-refractivity contribution < 1.29 is 28.6 Å². The van der Waals surface area contributed by atoms with Crippen LogP contribution >= 0.6 is 0 Å². The molecule has 0 aromatic heterocycles. The molecule has 4 rings (SSSR count). The summed E-state index contributed by atoms with van der Waals surface area (Å²) in [6, 6.07) is 15.1. The van der Waals surface area contributed by atoms with Gasteiger partial charge in [-0.15, -0.1) is 0 Å². The molecule has 0 saturated carbocycles. The van der Waals surface area contributed by atoms with Gasteiger partial charge in [0.25, 0.3) is 0 Å². The van der Waals surface area contributed by atoms with Crippen LogP contribution in [-0.2, 0) is 23.8 Å². The summed E-state index contributed by atoms with van der Waals surface area (Å²) in [5.74, 6) is -1.23. The third-order valence-corrected chi connectivity index (χ3v) is 5.01. The lowest BCUT2D eigenvalue weighted by Gasteiger charge is -2.21. The summed E-state index contributed by atoms with van der Waals surface area (Å²) < 4.78 is 15.3. The molecular weight excluding hydrogens is 362 g/mol. The van der Waals surface area contributed by atoms with Gasteiger partial charge in [0.2, 0.25) is 0 Å². The number of cyclic esters (lactones) is 1. The minimum absolute atomic E-state index is 0.0810. The average molecular weight is 381 g/mol. The summed E-state index contributed by atoms with van der Waals surface area (Å²) in [5, 5.41) is 0. The second-order valence-electron chi connectivity index (χ2n) is 6.68. The topological polar surface area (TPSA) is 82.1 Å². The normalized spacial score (nSPS) is 17.7. The Balaban J connectivity index is 1.48. The quantitative estimate of drug-likeness (QED) is 0.598. The molecule has 7 heteroatoms. The summed E-state index contributed by atoms with van der Waals surface area (Å²) in [7, 11) is 0. The predicted molar refractivity (Wildman–Crippen MR) is 98.3 cm³/mol. The molecule has 2 aliphatic rings. The first-order valence-electron chi connectivity index (χ1n) is 8.98. The lowest BCUT2D eigenvalue weighted by molar-refractivity contribution is -0.145. The van der Waals surface area contributed by atoms with Crippen molar-refractivity contribution >= 4 is 18.0 Å². The Bertz CT molecular complexity index is 894. The zero-order valence-corrected chi connectivity index (χ0v) is 15.3. The van der Waals surface area contributed by atoms with Gasteiger partial charge in [-0.05, 0) is 22.3 Å². The van der Waals surface area contributed by atoms with Crippen molar-refractivity contribution in [2.24, 2.45) is 0 Å². The van der Waals surface area contributed by atoms with Crippen molar-refractivity contribution in [2.75, 3.05) is 19.9 Å². The van der Waals surface area contributed by atoms with Crippen LogP contribution in [0.5, 0.6) is 0 Å². The van der Waals surface area contributed by atoms with Crippen LogP contribution in [0.1, 0.15) is 24.0 Å². The average Bonchev–Trinajstić information content (AvgIpc) is 3.22. The molecule has 28 heavy (non-hydrogen) atoms. The fourth-order valence-electron chi connectivity index (χ4n) is 3.66. The van der Waals surface area contributed by atoms with E-state index < -0.39 is 24.1 Å². The molecule has 1 aliphatic heterocycles. The van der Waals surface area contributed by atoms with Crippen molar-refractivity contribution in [3.05, 3.63) is 59.7 Å². The van der Waals surface area contributed by atoms with Crippen molar-refractivity contribution in [1.82, 2.24) is 4.90 Å². The molecule has 1 atom stereocenters. The third kappa shape index (κ3) is 3.19. The summed E-state index contributed by atoms with van der Waals surface area (Å²) in [6.07, 6.45) is -0.676. The van der Waals surface area contributed by atoms with Crippen molar-refractivity contribution in [3.63, 3.8) is 0 Å². The number of nitrogens with zero attached hydrogens (tertiary/aromatic N) is 1. The van der Waals surface area contributed by atoms with Crippen molar-refractivity contribution in [3.8, 4) is 11.1 Å². The Morgan fingerprint density at radius 3 is 2.21 bits per heavy atom. The smallest absolute Gasteiger partial charge is 0.413 e. The number of carbonyl (C=O) groups is 3. The van der Waals surface area contributed by atoms with Gasteiger partial charge in [0.1, 0.15) is 13.2 Å². The zero-order valence-electron chi connectivity index (χ0n) is 15.3. The summed E-state index contributed by atoms with van der Waals surface area (Å²) >= 11 is 0. The molecule has 0 bridgehead atoms. The number of amides is 1. The predicted octanol–water partition coefficient (Wildman–Crippen LogP) is 2.68. The molecule has 0 unspecified atom stereocenters. The van der Waals surface area contributed by atoms with Crippen LogP contribution in [-0.4, -0.2) is 48.9 Å². The van der Waals surface area contributed by atoms with E-state index in [4.69, 9.17) is 14.2 Å². The number of hydrogen-bond acceptors (Lipinski definition) is 6. The molecule has 0 N–H and O–H groups in total. The van der Waals surface area contributed by atoms with Crippen LogP contribution in [0.15, 0.2) is 48.5 Å². The largest absolute Gasteiger partial charge is 0.463 e. The highest BCUT2D eigenvalue weighted by molar-refractivity contribution is 5.84. The molecule has 0 spiro atoms. The Morgan fingerprint density at radius 1 is 1.00 bits per heavy atom. The van der Waals surface area contributed by atoms with Gasteiger partial charge in [-0.2, -0.15) is 0 Å². The van der Waals surface area contributed by atoms with Crippen LogP contribution in [0.2, 0.25) is 0 Å². The number of hydrogen-bond donors (Lipinski definition) is 0. The number of esters is 2. The first-order chi connectivity index (χ1) is 13.6. The number of benzene rings is 2. The number of carbonyl (C=O) groups excluding carboxylic acids is 3. The van der Waals surface area contributed by atoms with Gasteiger partial charge in [-0.3, -0.25) is 9.69 Å². The van der Waals surface area contributed by atoms with Crippen LogP contribution in [0.4, 0.5) is 4.79 Å². The van der Waals surface area contributed by atoms with Crippen molar-refractivity contribution in [1.29, 1.82) is 0 Å². The van der Waals surface area contributed by atoms with E-state index in [2.05, 4.69) is 12.1 Å². The third-order valence-electron chi connectivity index (χ3n) is 5.01. The van der Waals surface area contributed by atoms with Crippen molar-refractivity contribution in [2.45, 2.75) is 18.9 Å². The number of fused-ring (bicyclic) bond motifs is 3. The molecular formula is C21H19NO6. The van der Waals surface area contributed by atoms with E-state index in [1.165, 1.54) is 6.92 Å². The highest BCUT2D eigenvalue weighted by Crippen LogP contribution is 2.44. The van der Waals surface area contributed by atoms with Crippen LogP contribution in [0.25, 0.3) is 11.1 Å². The molecule has 144 valence electrons. The summed E-state index contributed by atoms with van der Waals surface area (Å²) in [6.45, 7) is 0.898. The van der Waals surface area contributed by atoms with E-state index in [-0.39, 0.29) is 25.9 Å². The van der Waals surface area contributed by atoms with Gasteiger partial charge < -0.3 is 14.2 Å². The van der Waals surface area contributed by atoms with E-state index in [1.807, 2.05) is 36.4 Å². The minimum atomic E-state index is -0.987. The van der Waals surface area contributed by atoms with Gasteiger partial charge in [0, 0.05) is 12.8 Å². The lowest BCUT2D eigenvalue weighted by Crippen LogP contribution is -2.42. The highest BCUT2D eigenvalue weighted by atomic mass is 16.6. The number of ether oxygens (including phenoxy) is 3. The minimum Gasteiger partial charge on any atom is -0.463 e. The second kappa shape index (κ2) is 7.34. The first-order valence-corrected chi connectivity index (χ1v) is 8.98. The fraction of sp³-hybridized carbons (Fsp3) is 0.286. The Hall–Kier alpha value is -3.35. The Morgan fingerprint density at radius 2 is 1.61 bits per heavy atom. The van der Waals surface area contributed by atoms with Crippen LogP contribution < -0.4 is 0 Å². The van der Waals surface area contributed by atoms with E-state index in [0.717, 1.165) is 27.2 Å². The molecule has 1 saturated heterocycles. The van der Waals surface area contributed by atoms with E-state index in [0.29, 0.717) is 0 Å².